The summed E-state index contributed by atoms with van der Waals surface area (Å²) in [5.41, 5.74) is 1.78. The zero-order valence-electron chi connectivity index (χ0n) is 13.1. The summed E-state index contributed by atoms with van der Waals surface area (Å²) in [5, 5.41) is 11.0. The molecule has 1 N–H and O–H groups in total. The Bertz CT molecular complexity index is 569. The first-order valence-electron chi connectivity index (χ1n) is 8.30. The number of likely N-dealkylation sites (tertiary alicyclic amines) is 1. The van der Waals surface area contributed by atoms with Gasteiger partial charge in [-0.25, -0.2) is 0 Å². The fraction of sp³-hybridized carbons (Fsp3) is 0.400. The van der Waals surface area contributed by atoms with Crippen molar-refractivity contribution in [3.63, 3.8) is 0 Å². The Hall–Kier alpha value is -1.64. The van der Waals surface area contributed by atoms with Gasteiger partial charge in [0.1, 0.15) is 5.60 Å². The van der Waals surface area contributed by atoms with Gasteiger partial charge in [0.05, 0.1) is 0 Å². The van der Waals surface area contributed by atoms with Crippen molar-refractivity contribution in [1.29, 1.82) is 0 Å². The van der Waals surface area contributed by atoms with Crippen molar-refractivity contribution in [3.8, 4) is 0 Å². The number of rotatable bonds is 5. The molecule has 1 saturated heterocycles. The largest absolute Gasteiger partial charge is 0.384 e. The van der Waals surface area contributed by atoms with Crippen LogP contribution in [0.5, 0.6) is 0 Å². The van der Waals surface area contributed by atoms with Crippen LogP contribution in [-0.4, -0.2) is 29.6 Å². The highest BCUT2D eigenvalue weighted by molar-refractivity contribution is 5.23. The molecule has 1 heterocycles. The van der Waals surface area contributed by atoms with Crippen molar-refractivity contribution < 1.29 is 5.11 Å². The highest BCUT2D eigenvalue weighted by atomic mass is 16.3. The van der Waals surface area contributed by atoms with Gasteiger partial charge in [-0.1, -0.05) is 60.7 Å². The molecule has 1 atom stereocenters. The van der Waals surface area contributed by atoms with Crippen LogP contribution in [0.1, 0.15) is 30.4 Å². The smallest absolute Gasteiger partial charge is 0.102 e. The summed E-state index contributed by atoms with van der Waals surface area (Å²) in [7, 11) is 0. The molecule has 116 valence electrons. The molecule has 0 amide bonds. The standard InChI is InChI=1S/C20H25NO/c22-20(19-12-5-2-6-13-19)14-8-16-21(17-20)15-7-11-18-9-3-1-4-10-18/h1-6,9-10,12-13,22H,7-8,11,14-17H2. The van der Waals surface area contributed by atoms with E-state index in [2.05, 4.69) is 35.2 Å². The molecule has 0 saturated carbocycles. The van der Waals surface area contributed by atoms with Crippen LogP contribution < -0.4 is 0 Å². The van der Waals surface area contributed by atoms with Gasteiger partial charge in [0, 0.05) is 6.54 Å². The minimum Gasteiger partial charge on any atom is -0.384 e. The summed E-state index contributed by atoms with van der Waals surface area (Å²) < 4.78 is 0. The van der Waals surface area contributed by atoms with E-state index in [1.165, 1.54) is 5.56 Å². The molecule has 22 heavy (non-hydrogen) atoms. The number of aliphatic hydroxyl groups is 1. The third-order valence-corrected chi connectivity index (χ3v) is 4.64. The number of nitrogens with zero attached hydrogens (tertiary/aromatic N) is 1. The van der Waals surface area contributed by atoms with E-state index in [1.54, 1.807) is 0 Å². The first kappa shape index (κ1) is 15.3. The predicted octanol–water partition coefficient (Wildman–Crippen LogP) is 3.60. The van der Waals surface area contributed by atoms with E-state index in [1.807, 2.05) is 30.3 Å². The first-order valence-corrected chi connectivity index (χ1v) is 8.30. The molecular weight excluding hydrogens is 270 g/mol. The van der Waals surface area contributed by atoms with Crippen LogP contribution >= 0.6 is 0 Å². The summed E-state index contributed by atoms with van der Waals surface area (Å²) in [5.74, 6) is 0. The molecule has 1 aliphatic rings. The van der Waals surface area contributed by atoms with Crippen molar-refractivity contribution in [1.82, 2.24) is 4.90 Å². The van der Waals surface area contributed by atoms with Gasteiger partial charge >= 0.3 is 0 Å². The third-order valence-electron chi connectivity index (χ3n) is 4.64. The summed E-state index contributed by atoms with van der Waals surface area (Å²) in [6.07, 6.45) is 4.19. The quantitative estimate of drug-likeness (QED) is 0.911. The highest BCUT2D eigenvalue weighted by Crippen LogP contribution is 2.31. The molecule has 2 nitrogen and oxygen atoms in total. The van der Waals surface area contributed by atoms with Crippen molar-refractivity contribution >= 4 is 0 Å². The average molecular weight is 295 g/mol. The van der Waals surface area contributed by atoms with Crippen molar-refractivity contribution in [2.24, 2.45) is 0 Å². The van der Waals surface area contributed by atoms with Crippen LogP contribution in [0.4, 0.5) is 0 Å². The Labute approximate surface area is 133 Å². The minimum absolute atomic E-state index is 0.674. The van der Waals surface area contributed by atoms with Crippen LogP contribution in [0.2, 0.25) is 0 Å². The van der Waals surface area contributed by atoms with Gasteiger partial charge < -0.3 is 10.0 Å². The summed E-state index contributed by atoms with van der Waals surface area (Å²) in [4.78, 5) is 2.42. The highest BCUT2D eigenvalue weighted by Gasteiger charge is 2.34. The van der Waals surface area contributed by atoms with Gasteiger partial charge in [0.2, 0.25) is 0 Å². The second-order valence-electron chi connectivity index (χ2n) is 6.37. The van der Waals surface area contributed by atoms with E-state index in [9.17, 15) is 5.11 Å². The molecule has 0 radical (unpaired) electrons. The molecule has 2 aromatic carbocycles. The van der Waals surface area contributed by atoms with Gasteiger partial charge in [-0.2, -0.15) is 0 Å². The lowest BCUT2D eigenvalue weighted by Crippen LogP contribution is -2.46. The second kappa shape index (κ2) is 7.08. The third kappa shape index (κ3) is 3.76. The molecule has 0 aliphatic carbocycles. The van der Waals surface area contributed by atoms with Gasteiger partial charge in [-0.15, -0.1) is 0 Å². The van der Waals surface area contributed by atoms with Crippen molar-refractivity contribution in [2.75, 3.05) is 19.6 Å². The van der Waals surface area contributed by atoms with Gasteiger partial charge in [0.25, 0.3) is 0 Å². The van der Waals surface area contributed by atoms with E-state index >= 15 is 0 Å². The first-order chi connectivity index (χ1) is 10.8. The summed E-state index contributed by atoms with van der Waals surface area (Å²) >= 11 is 0. The average Bonchev–Trinajstić information content (AvgIpc) is 2.57. The predicted molar refractivity (Wildman–Crippen MR) is 90.8 cm³/mol. The number of β-amino-alcohol motifs (C(OH)–C–C–N with tert-alkyl or cyclic N) is 1. The van der Waals surface area contributed by atoms with E-state index in [0.29, 0.717) is 0 Å². The van der Waals surface area contributed by atoms with E-state index < -0.39 is 5.60 Å². The van der Waals surface area contributed by atoms with Crippen LogP contribution in [0.25, 0.3) is 0 Å². The lowest BCUT2D eigenvalue weighted by atomic mass is 9.85. The molecule has 0 spiro atoms. The molecule has 2 aromatic rings. The van der Waals surface area contributed by atoms with Gasteiger partial charge in [0.15, 0.2) is 0 Å². The fourth-order valence-corrected chi connectivity index (χ4v) is 3.45. The Morgan fingerprint density at radius 2 is 1.64 bits per heavy atom. The fourth-order valence-electron chi connectivity index (χ4n) is 3.45. The van der Waals surface area contributed by atoms with E-state index in [-0.39, 0.29) is 0 Å². The number of aryl methyl sites for hydroxylation is 1. The maximum Gasteiger partial charge on any atom is 0.102 e. The monoisotopic (exact) mass is 295 g/mol. The van der Waals surface area contributed by atoms with Gasteiger partial charge in [-0.3, -0.25) is 0 Å². The zero-order chi connectivity index (χ0) is 15.3. The number of benzene rings is 2. The molecule has 1 fully saturated rings. The van der Waals surface area contributed by atoms with Crippen LogP contribution in [0.15, 0.2) is 60.7 Å². The summed E-state index contributed by atoms with van der Waals surface area (Å²) in [6.45, 7) is 2.92. The molecule has 0 aromatic heterocycles. The SMILES string of the molecule is OC1(c2ccccc2)CCCN(CCCc2ccccc2)C1. The zero-order valence-corrected chi connectivity index (χ0v) is 13.1. The molecule has 1 aliphatic heterocycles. The minimum atomic E-state index is -0.674. The number of hydrogen-bond donors (Lipinski definition) is 1. The van der Waals surface area contributed by atoms with Gasteiger partial charge in [-0.05, 0) is 49.9 Å². The lowest BCUT2D eigenvalue weighted by Gasteiger charge is -2.39. The maximum absolute atomic E-state index is 11.0. The Morgan fingerprint density at radius 1 is 0.955 bits per heavy atom. The maximum atomic E-state index is 11.0. The van der Waals surface area contributed by atoms with E-state index in [0.717, 1.165) is 50.9 Å². The molecule has 0 bridgehead atoms. The van der Waals surface area contributed by atoms with Crippen molar-refractivity contribution in [2.45, 2.75) is 31.3 Å². The normalized spacial score (nSPS) is 22.6. The second-order valence-corrected chi connectivity index (χ2v) is 6.37. The van der Waals surface area contributed by atoms with Crippen LogP contribution in [-0.2, 0) is 12.0 Å². The Balaban J connectivity index is 1.55. The topological polar surface area (TPSA) is 23.5 Å². The summed E-state index contributed by atoms with van der Waals surface area (Å²) in [6, 6.07) is 20.8. The van der Waals surface area contributed by atoms with Crippen LogP contribution in [0.3, 0.4) is 0 Å². The van der Waals surface area contributed by atoms with Crippen LogP contribution in [0, 0.1) is 0 Å². The molecule has 3 rings (SSSR count). The Kier molecular flexibility index (Phi) is 4.91. The molecule has 2 heteroatoms. The lowest BCUT2D eigenvalue weighted by molar-refractivity contribution is -0.0357. The van der Waals surface area contributed by atoms with Crippen molar-refractivity contribution in [3.05, 3.63) is 71.8 Å². The Morgan fingerprint density at radius 3 is 2.36 bits per heavy atom. The number of piperidine rings is 1. The molecular formula is C20H25NO. The molecule has 1 unspecified atom stereocenters. The number of hydrogen-bond acceptors (Lipinski definition) is 2. The van der Waals surface area contributed by atoms with E-state index in [4.69, 9.17) is 0 Å².